The molecule has 12 heavy (non-hydrogen) atoms. The Kier molecular flexibility index (Phi) is 2.18. The van der Waals surface area contributed by atoms with Crippen LogP contribution in [-0.4, -0.2) is 11.6 Å². The number of ketones is 2. The van der Waals surface area contributed by atoms with Gasteiger partial charge in [-0.3, -0.25) is 9.59 Å². The van der Waals surface area contributed by atoms with E-state index < -0.39 is 0 Å². The van der Waals surface area contributed by atoms with Crippen molar-refractivity contribution in [3.63, 3.8) is 0 Å². The molecule has 2 nitrogen and oxygen atoms in total. The van der Waals surface area contributed by atoms with Gasteiger partial charge in [0, 0.05) is 12.8 Å². The van der Waals surface area contributed by atoms with Crippen molar-refractivity contribution in [1.29, 1.82) is 0 Å². The Hall–Kier alpha value is -0.920. The molecule has 66 valence electrons. The van der Waals surface area contributed by atoms with E-state index >= 15 is 0 Å². The van der Waals surface area contributed by atoms with Crippen molar-refractivity contribution >= 4 is 11.6 Å². The number of allylic oxidation sites excluding steroid dienone is 1. The molecule has 0 aromatic carbocycles. The lowest BCUT2D eigenvalue weighted by atomic mass is 9.71. The van der Waals surface area contributed by atoms with Gasteiger partial charge in [0.05, 0.1) is 5.57 Å². The van der Waals surface area contributed by atoms with Crippen molar-refractivity contribution in [3.05, 3.63) is 12.2 Å². The summed E-state index contributed by atoms with van der Waals surface area (Å²) in [4.78, 5) is 22.5. The summed E-state index contributed by atoms with van der Waals surface area (Å²) < 4.78 is 0. The lowest BCUT2D eigenvalue weighted by Gasteiger charge is -2.31. The average molecular weight is 166 g/mol. The molecule has 0 N–H and O–H groups in total. The van der Waals surface area contributed by atoms with Crippen molar-refractivity contribution in [2.45, 2.75) is 33.1 Å². The summed E-state index contributed by atoms with van der Waals surface area (Å²) in [5.41, 5.74) is 0.0796. The molecule has 1 fully saturated rings. The summed E-state index contributed by atoms with van der Waals surface area (Å²) >= 11 is 0. The highest BCUT2D eigenvalue weighted by Gasteiger charge is 2.36. The first-order valence-electron chi connectivity index (χ1n) is 4.24. The third-order valence-corrected chi connectivity index (χ3v) is 2.70. The third-order valence-electron chi connectivity index (χ3n) is 2.70. The number of hydrogen-bond acceptors (Lipinski definition) is 2. The molecule has 0 heterocycles. The van der Waals surface area contributed by atoms with Gasteiger partial charge in [-0.2, -0.15) is 0 Å². The fourth-order valence-electron chi connectivity index (χ4n) is 1.46. The standard InChI is InChI=1S/C10H14O2/c1-4-10(3)5-8(11)7(2)9(12)6-10/h2,4-6H2,1,3H3. The molecular weight excluding hydrogens is 152 g/mol. The van der Waals surface area contributed by atoms with Gasteiger partial charge in [-0.25, -0.2) is 0 Å². The SMILES string of the molecule is C=C1C(=O)CC(C)(CC)CC1=O. The maximum Gasteiger partial charge on any atom is 0.166 e. The molecule has 0 bridgehead atoms. The van der Waals surface area contributed by atoms with Crippen molar-refractivity contribution in [2.75, 3.05) is 0 Å². The van der Waals surface area contributed by atoms with E-state index in [0.29, 0.717) is 12.8 Å². The Morgan fingerprint density at radius 3 is 2.08 bits per heavy atom. The minimum Gasteiger partial charge on any atom is -0.294 e. The van der Waals surface area contributed by atoms with E-state index in [2.05, 4.69) is 6.58 Å². The van der Waals surface area contributed by atoms with Gasteiger partial charge in [0.15, 0.2) is 11.6 Å². The smallest absolute Gasteiger partial charge is 0.166 e. The quantitative estimate of drug-likeness (QED) is 0.440. The van der Waals surface area contributed by atoms with Crippen LogP contribution in [0, 0.1) is 5.41 Å². The van der Waals surface area contributed by atoms with Crippen LogP contribution in [0.5, 0.6) is 0 Å². The predicted molar refractivity (Wildman–Crippen MR) is 46.8 cm³/mol. The van der Waals surface area contributed by atoms with E-state index in [-0.39, 0.29) is 22.6 Å². The van der Waals surface area contributed by atoms with Crippen LogP contribution < -0.4 is 0 Å². The van der Waals surface area contributed by atoms with Gasteiger partial charge in [-0.15, -0.1) is 0 Å². The molecule has 1 aliphatic rings. The molecule has 1 saturated carbocycles. The molecule has 0 radical (unpaired) electrons. The first-order chi connectivity index (χ1) is 5.48. The normalized spacial score (nSPS) is 23.0. The fraction of sp³-hybridized carbons (Fsp3) is 0.600. The Morgan fingerprint density at radius 2 is 1.75 bits per heavy atom. The lowest BCUT2D eigenvalue weighted by molar-refractivity contribution is -0.127. The molecule has 1 aliphatic carbocycles. The molecule has 0 aromatic heterocycles. The van der Waals surface area contributed by atoms with Crippen LogP contribution in [0.4, 0.5) is 0 Å². The first-order valence-corrected chi connectivity index (χ1v) is 4.24. The number of Topliss-reactive ketones (excluding diaryl/α,β-unsaturated/α-hetero) is 2. The zero-order valence-corrected chi connectivity index (χ0v) is 7.64. The van der Waals surface area contributed by atoms with Crippen molar-refractivity contribution in [3.8, 4) is 0 Å². The van der Waals surface area contributed by atoms with E-state index in [1.54, 1.807) is 0 Å². The highest BCUT2D eigenvalue weighted by Crippen LogP contribution is 2.36. The van der Waals surface area contributed by atoms with E-state index in [9.17, 15) is 9.59 Å². The summed E-state index contributed by atoms with van der Waals surface area (Å²) in [6.07, 6.45) is 1.83. The van der Waals surface area contributed by atoms with Crippen molar-refractivity contribution < 1.29 is 9.59 Å². The summed E-state index contributed by atoms with van der Waals surface area (Å²) in [7, 11) is 0. The summed E-state index contributed by atoms with van der Waals surface area (Å²) in [5.74, 6) is -0.147. The molecule has 0 amide bonds. The monoisotopic (exact) mass is 166 g/mol. The highest BCUT2D eigenvalue weighted by atomic mass is 16.1. The van der Waals surface area contributed by atoms with Crippen LogP contribution >= 0.6 is 0 Å². The van der Waals surface area contributed by atoms with Crippen LogP contribution in [-0.2, 0) is 9.59 Å². The molecule has 0 atom stereocenters. The van der Waals surface area contributed by atoms with Crippen molar-refractivity contribution in [2.24, 2.45) is 5.41 Å². The number of rotatable bonds is 1. The molecule has 0 spiro atoms. The minimum absolute atomic E-state index is 0.0735. The summed E-state index contributed by atoms with van der Waals surface area (Å²) in [5, 5.41) is 0. The second-order valence-electron chi connectivity index (χ2n) is 3.84. The molecule has 0 unspecified atom stereocenters. The van der Waals surface area contributed by atoms with Crippen LogP contribution in [0.1, 0.15) is 33.1 Å². The van der Waals surface area contributed by atoms with E-state index in [4.69, 9.17) is 0 Å². The van der Waals surface area contributed by atoms with Crippen LogP contribution in [0.3, 0.4) is 0 Å². The van der Waals surface area contributed by atoms with E-state index in [1.165, 1.54) is 0 Å². The van der Waals surface area contributed by atoms with Crippen LogP contribution in [0.15, 0.2) is 12.2 Å². The number of carbonyl (C=O) groups is 2. The van der Waals surface area contributed by atoms with Crippen LogP contribution in [0.2, 0.25) is 0 Å². The zero-order valence-electron chi connectivity index (χ0n) is 7.64. The molecule has 2 heteroatoms. The number of carbonyl (C=O) groups excluding carboxylic acids is 2. The van der Waals surface area contributed by atoms with Crippen LogP contribution in [0.25, 0.3) is 0 Å². The Bertz CT molecular complexity index is 231. The first kappa shape index (κ1) is 9.17. The molecule has 0 saturated heterocycles. The fourth-order valence-corrected chi connectivity index (χ4v) is 1.46. The van der Waals surface area contributed by atoms with Crippen molar-refractivity contribution in [1.82, 2.24) is 0 Å². The molecule has 0 aliphatic heterocycles. The Morgan fingerprint density at radius 1 is 1.33 bits per heavy atom. The van der Waals surface area contributed by atoms with E-state index in [1.807, 2.05) is 13.8 Å². The Balaban J connectivity index is 2.86. The topological polar surface area (TPSA) is 34.1 Å². The van der Waals surface area contributed by atoms with E-state index in [0.717, 1.165) is 6.42 Å². The second-order valence-corrected chi connectivity index (χ2v) is 3.84. The maximum absolute atomic E-state index is 11.3. The maximum atomic E-state index is 11.3. The lowest BCUT2D eigenvalue weighted by Crippen LogP contribution is -2.32. The van der Waals surface area contributed by atoms with Gasteiger partial charge in [0.25, 0.3) is 0 Å². The van der Waals surface area contributed by atoms with Gasteiger partial charge < -0.3 is 0 Å². The predicted octanol–water partition coefficient (Wildman–Crippen LogP) is 1.89. The van der Waals surface area contributed by atoms with Gasteiger partial charge in [0.2, 0.25) is 0 Å². The largest absolute Gasteiger partial charge is 0.294 e. The third kappa shape index (κ3) is 1.47. The van der Waals surface area contributed by atoms with Gasteiger partial charge in [-0.1, -0.05) is 20.4 Å². The second kappa shape index (κ2) is 2.85. The highest BCUT2D eigenvalue weighted by molar-refractivity contribution is 6.21. The Labute approximate surface area is 72.7 Å². The average Bonchev–Trinajstić information content (AvgIpc) is 2.00. The molecule has 0 aromatic rings. The summed E-state index contributed by atoms with van der Waals surface area (Å²) in [6.45, 7) is 7.47. The van der Waals surface area contributed by atoms with Gasteiger partial charge in [-0.05, 0) is 11.8 Å². The zero-order chi connectivity index (χ0) is 9.35. The summed E-state index contributed by atoms with van der Waals surface area (Å²) in [6, 6.07) is 0. The number of hydrogen-bond donors (Lipinski definition) is 0. The molecule has 1 rings (SSSR count). The van der Waals surface area contributed by atoms with Gasteiger partial charge in [0.1, 0.15) is 0 Å². The molecular formula is C10H14O2. The van der Waals surface area contributed by atoms with Gasteiger partial charge >= 0.3 is 0 Å². The minimum atomic E-state index is -0.116.